The predicted molar refractivity (Wildman–Crippen MR) is 43.3 cm³/mol. The van der Waals surface area contributed by atoms with E-state index in [2.05, 4.69) is 10.2 Å². The van der Waals surface area contributed by atoms with E-state index in [9.17, 15) is 4.79 Å². The summed E-state index contributed by atoms with van der Waals surface area (Å²) < 4.78 is -0.224. The summed E-state index contributed by atoms with van der Waals surface area (Å²) in [7, 11) is 1.28. The lowest BCUT2D eigenvalue weighted by Crippen LogP contribution is -2.32. The van der Waals surface area contributed by atoms with Crippen molar-refractivity contribution in [3.8, 4) is 0 Å². The maximum absolute atomic E-state index is 10.6. The summed E-state index contributed by atoms with van der Waals surface area (Å²) in [6.07, 6.45) is 0. The molecule has 0 unspecified atom stereocenters. The van der Waals surface area contributed by atoms with Crippen LogP contribution in [-0.4, -0.2) is 13.1 Å². The Bertz CT molecular complexity index is 178. The van der Waals surface area contributed by atoms with Gasteiger partial charge < -0.3 is 0 Å². The first-order chi connectivity index (χ1) is 5.07. The van der Waals surface area contributed by atoms with Crippen LogP contribution in [0.15, 0.2) is 9.65 Å². The number of hydrogen-bond donors (Lipinski definition) is 2. The highest BCUT2D eigenvalue weighted by Crippen LogP contribution is 2.14. The van der Waals surface area contributed by atoms with E-state index in [1.807, 2.05) is 5.48 Å². The fourth-order valence-corrected chi connectivity index (χ4v) is 0.445. The zero-order valence-corrected chi connectivity index (χ0v) is 7.72. The number of rotatable bonds is 2. The molecule has 0 saturated carbocycles. The third-order valence-electron chi connectivity index (χ3n) is 0.584. The number of hydrogen-bond acceptors (Lipinski definition) is 2. The molecule has 0 spiro atoms. The van der Waals surface area contributed by atoms with Crippen LogP contribution in [0.4, 0.5) is 4.79 Å². The molecule has 0 radical (unpaired) electrons. The topological polar surface area (TPSA) is 50.4 Å². The van der Waals surface area contributed by atoms with Crippen molar-refractivity contribution < 1.29 is 9.63 Å². The lowest BCUT2D eigenvalue weighted by molar-refractivity contribution is 0.109. The van der Waals surface area contributed by atoms with Gasteiger partial charge in [0, 0.05) is 0 Å². The van der Waals surface area contributed by atoms with Gasteiger partial charge >= 0.3 is 6.03 Å². The molecule has 2 amide bonds. The Morgan fingerprint density at radius 2 is 1.91 bits per heavy atom. The van der Waals surface area contributed by atoms with Crippen molar-refractivity contribution >= 4 is 40.8 Å². The van der Waals surface area contributed by atoms with Crippen LogP contribution in [0.5, 0.6) is 0 Å². The lowest BCUT2D eigenvalue weighted by Gasteiger charge is -2.02. The van der Waals surface area contributed by atoms with E-state index in [1.54, 1.807) is 0 Å². The molecule has 0 aliphatic carbocycles. The van der Waals surface area contributed by atoms with Crippen LogP contribution < -0.4 is 10.8 Å². The SMILES string of the molecule is CONC(=O)NC(Cl)=C(Cl)Cl. The standard InChI is InChI=1S/C4H5Cl3N2O2/c1-11-9-4(10)8-3(7)2(5)6/h1H3,(H2,8,9,10). The van der Waals surface area contributed by atoms with Crippen LogP contribution in [-0.2, 0) is 4.84 Å². The highest BCUT2D eigenvalue weighted by Gasteiger charge is 2.03. The summed E-state index contributed by atoms with van der Waals surface area (Å²) in [6.45, 7) is 0. The largest absolute Gasteiger partial charge is 0.343 e. The number of halogens is 3. The number of amides is 2. The number of nitrogens with one attached hydrogen (secondary N) is 2. The van der Waals surface area contributed by atoms with Gasteiger partial charge in [-0.1, -0.05) is 34.8 Å². The number of urea groups is 1. The van der Waals surface area contributed by atoms with Crippen molar-refractivity contribution in [1.82, 2.24) is 10.8 Å². The van der Waals surface area contributed by atoms with Gasteiger partial charge in [-0.25, -0.2) is 10.3 Å². The van der Waals surface area contributed by atoms with Gasteiger partial charge in [-0.05, 0) is 0 Å². The molecule has 0 aromatic carbocycles. The molecule has 0 atom stereocenters. The smallest absolute Gasteiger partial charge is 0.294 e. The van der Waals surface area contributed by atoms with Crippen molar-refractivity contribution in [3.05, 3.63) is 9.65 Å². The zero-order chi connectivity index (χ0) is 8.85. The molecule has 0 bridgehead atoms. The van der Waals surface area contributed by atoms with Crippen molar-refractivity contribution in [2.45, 2.75) is 0 Å². The van der Waals surface area contributed by atoms with Crippen molar-refractivity contribution in [1.29, 1.82) is 0 Å². The maximum Gasteiger partial charge on any atom is 0.343 e. The van der Waals surface area contributed by atoms with Gasteiger partial charge in [0.05, 0.1) is 7.11 Å². The molecular weight excluding hydrogens is 214 g/mol. The Kier molecular flexibility index (Phi) is 5.41. The highest BCUT2D eigenvalue weighted by molar-refractivity contribution is 6.59. The molecule has 0 aromatic rings. The summed E-state index contributed by atoms with van der Waals surface area (Å²) in [4.78, 5) is 14.8. The monoisotopic (exact) mass is 218 g/mol. The van der Waals surface area contributed by atoms with E-state index >= 15 is 0 Å². The molecule has 2 N–H and O–H groups in total. The molecule has 0 aliphatic heterocycles. The second-order valence-electron chi connectivity index (χ2n) is 1.33. The van der Waals surface area contributed by atoms with E-state index in [-0.39, 0.29) is 9.65 Å². The molecule has 0 saturated heterocycles. The first-order valence-corrected chi connectivity index (χ1v) is 3.52. The summed E-state index contributed by atoms with van der Waals surface area (Å²) in [6, 6.07) is -0.656. The molecule has 4 nitrogen and oxygen atoms in total. The molecule has 0 aromatic heterocycles. The third-order valence-corrected chi connectivity index (χ3v) is 1.44. The summed E-state index contributed by atoms with van der Waals surface area (Å²) >= 11 is 15.7. The molecule has 11 heavy (non-hydrogen) atoms. The highest BCUT2D eigenvalue weighted by atomic mass is 35.5. The zero-order valence-electron chi connectivity index (χ0n) is 5.45. The van der Waals surface area contributed by atoms with Crippen molar-refractivity contribution in [2.24, 2.45) is 0 Å². The van der Waals surface area contributed by atoms with Crippen LogP contribution in [0.2, 0.25) is 0 Å². The van der Waals surface area contributed by atoms with E-state index in [0.717, 1.165) is 0 Å². The third kappa shape index (κ3) is 5.15. The quantitative estimate of drug-likeness (QED) is 0.548. The molecule has 0 rings (SSSR count). The van der Waals surface area contributed by atoms with E-state index in [4.69, 9.17) is 34.8 Å². The van der Waals surface area contributed by atoms with Gasteiger partial charge in [0.1, 0.15) is 9.65 Å². The summed E-state index contributed by atoms with van der Waals surface area (Å²) in [5, 5.41) is 1.92. The van der Waals surface area contributed by atoms with Gasteiger partial charge in [0.2, 0.25) is 0 Å². The minimum atomic E-state index is -0.656. The predicted octanol–water partition coefficient (Wildman–Crippen LogP) is 1.69. The van der Waals surface area contributed by atoms with Crippen LogP contribution in [0.25, 0.3) is 0 Å². The van der Waals surface area contributed by atoms with Gasteiger partial charge in [-0.15, -0.1) is 0 Å². The molecule has 64 valence electrons. The minimum absolute atomic E-state index is 0.164. The van der Waals surface area contributed by atoms with Crippen LogP contribution in [0, 0.1) is 0 Å². The summed E-state index contributed by atoms with van der Waals surface area (Å²) in [5.74, 6) is 0. The molecule has 0 heterocycles. The van der Waals surface area contributed by atoms with Gasteiger partial charge in [0.25, 0.3) is 0 Å². The molecule has 0 aliphatic rings. The Morgan fingerprint density at radius 1 is 1.36 bits per heavy atom. The van der Waals surface area contributed by atoms with E-state index < -0.39 is 6.03 Å². The van der Waals surface area contributed by atoms with Crippen LogP contribution in [0.3, 0.4) is 0 Å². The molecule has 0 fully saturated rings. The minimum Gasteiger partial charge on any atom is -0.294 e. The van der Waals surface area contributed by atoms with Gasteiger partial charge in [-0.2, -0.15) is 0 Å². The second-order valence-corrected chi connectivity index (χ2v) is 2.66. The Labute approximate surface area is 78.4 Å². The van der Waals surface area contributed by atoms with Crippen LogP contribution >= 0.6 is 34.8 Å². The number of carbonyl (C=O) groups is 1. The Morgan fingerprint density at radius 3 is 2.27 bits per heavy atom. The Hall–Kier alpha value is -0.160. The summed E-state index contributed by atoms with van der Waals surface area (Å²) in [5.41, 5.74) is 1.95. The number of carbonyl (C=O) groups excluding carboxylic acids is 1. The van der Waals surface area contributed by atoms with Gasteiger partial charge in [-0.3, -0.25) is 10.2 Å². The van der Waals surface area contributed by atoms with Crippen molar-refractivity contribution in [3.63, 3.8) is 0 Å². The normalized spacial score (nSPS) is 8.73. The lowest BCUT2D eigenvalue weighted by atomic mass is 10.9. The fraction of sp³-hybridized carbons (Fsp3) is 0.250. The van der Waals surface area contributed by atoms with Crippen molar-refractivity contribution in [2.75, 3.05) is 7.11 Å². The van der Waals surface area contributed by atoms with E-state index in [1.165, 1.54) is 7.11 Å². The first kappa shape index (κ1) is 10.8. The average molecular weight is 219 g/mol. The maximum atomic E-state index is 10.6. The molecular formula is C4H5Cl3N2O2. The average Bonchev–Trinajstić information content (AvgIpc) is 1.87. The molecule has 7 heteroatoms. The fourth-order valence-electron chi connectivity index (χ4n) is 0.265. The van der Waals surface area contributed by atoms with E-state index in [0.29, 0.717) is 0 Å². The second kappa shape index (κ2) is 5.49. The first-order valence-electron chi connectivity index (χ1n) is 2.38. The van der Waals surface area contributed by atoms with Crippen LogP contribution in [0.1, 0.15) is 0 Å². The number of hydroxylamine groups is 1. The van der Waals surface area contributed by atoms with Gasteiger partial charge in [0.15, 0.2) is 0 Å². The Balaban J connectivity index is 3.86.